The zero-order valence-corrected chi connectivity index (χ0v) is 19.2. The number of sulfone groups is 1. The maximum Gasteiger partial charge on any atom is 0.314 e. The average molecular weight is 481 g/mol. The highest BCUT2D eigenvalue weighted by Crippen LogP contribution is 2.28. The van der Waals surface area contributed by atoms with Crippen molar-refractivity contribution in [3.05, 3.63) is 69.9 Å². The van der Waals surface area contributed by atoms with Crippen LogP contribution < -0.4 is 10.3 Å². The number of aliphatic hydroxyl groups is 1. The van der Waals surface area contributed by atoms with Gasteiger partial charge in [-0.05, 0) is 41.8 Å². The summed E-state index contributed by atoms with van der Waals surface area (Å²) >= 11 is 5.84. The molecular weight excluding hydrogens is 459 g/mol. The summed E-state index contributed by atoms with van der Waals surface area (Å²) in [7, 11) is -3.39. The molecule has 0 aliphatic rings. The van der Waals surface area contributed by atoms with Gasteiger partial charge < -0.3 is 9.84 Å². The second kappa shape index (κ2) is 9.40. The number of hydrogen-bond acceptors (Lipinski definition) is 6. The molecule has 1 N–H and O–H groups in total. The van der Waals surface area contributed by atoms with Gasteiger partial charge in [0.25, 0.3) is 0 Å². The monoisotopic (exact) mass is 480 g/mol. The van der Waals surface area contributed by atoms with Gasteiger partial charge in [-0.2, -0.15) is 9.78 Å². The van der Waals surface area contributed by atoms with E-state index in [1.807, 2.05) is 13.8 Å². The SMILES string of the molecule is CC(C)[C@H](O)COc1c(-c2ccc(S(C)(=O)=O)cc2)cnn(-c2ccc(F)c(Cl)c2)c1=O. The zero-order chi connectivity index (χ0) is 23.6. The molecule has 1 heterocycles. The number of nitrogens with zero attached hydrogens (tertiary/aromatic N) is 2. The fourth-order valence-electron chi connectivity index (χ4n) is 2.83. The Kier molecular flexibility index (Phi) is 7.02. The molecule has 3 rings (SSSR count). The van der Waals surface area contributed by atoms with E-state index in [0.717, 1.165) is 17.0 Å². The van der Waals surface area contributed by atoms with E-state index in [1.165, 1.54) is 42.6 Å². The number of rotatable bonds is 7. The van der Waals surface area contributed by atoms with Gasteiger partial charge in [0.2, 0.25) is 0 Å². The molecule has 10 heteroatoms. The first kappa shape index (κ1) is 23.9. The summed E-state index contributed by atoms with van der Waals surface area (Å²) in [5.74, 6) is -0.831. The van der Waals surface area contributed by atoms with E-state index in [-0.39, 0.29) is 33.9 Å². The minimum absolute atomic E-state index is 0.0905. The van der Waals surface area contributed by atoms with Crippen molar-refractivity contribution in [1.82, 2.24) is 9.78 Å². The lowest BCUT2D eigenvalue weighted by Gasteiger charge is -2.18. The van der Waals surface area contributed by atoms with Gasteiger partial charge in [0.15, 0.2) is 15.6 Å². The molecule has 1 aromatic heterocycles. The maximum absolute atomic E-state index is 13.5. The van der Waals surface area contributed by atoms with E-state index in [0.29, 0.717) is 11.1 Å². The average Bonchev–Trinajstić information content (AvgIpc) is 2.74. The van der Waals surface area contributed by atoms with Crippen molar-refractivity contribution in [1.29, 1.82) is 0 Å². The number of hydrogen-bond donors (Lipinski definition) is 1. The summed E-state index contributed by atoms with van der Waals surface area (Å²) < 4.78 is 43.7. The predicted molar refractivity (Wildman–Crippen MR) is 120 cm³/mol. The van der Waals surface area contributed by atoms with Gasteiger partial charge in [-0.25, -0.2) is 12.8 Å². The van der Waals surface area contributed by atoms with E-state index in [1.54, 1.807) is 0 Å². The van der Waals surface area contributed by atoms with Crippen LogP contribution in [-0.2, 0) is 9.84 Å². The molecule has 32 heavy (non-hydrogen) atoms. The molecule has 7 nitrogen and oxygen atoms in total. The van der Waals surface area contributed by atoms with E-state index in [2.05, 4.69) is 5.10 Å². The Morgan fingerprint density at radius 3 is 2.41 bits per heavy atom. The standard InChI is InChI=1S/C22H22ClFN2O5S/c1-13(2)20(27)12-31-21-17(14-4-7-16(8-5-14)32(3,29)30)11-25-26(22(21)28)15-6-9-19(24)18(23)10-15/h4-11,13,20,27H,12H2,1-3H3/t20-/m1/s1. The maximum atomic E-state index is 13.5. The molecule has 3 aromatic rings. The van der Waals surface area contributed by atoms with Crippen molar-refractivity contribution in [3.8, 4) is 22.6 Å². The van der Waals surface area contributed by atoms with Crippen LogP contribution in [-0.4, -0.2) is 42.3 Å². The fourth-order valence-corrected chi connectivity index (χ4v) is 3.63. The van der Waals surface area contributed by atoms with E-state index in [4.69, 9.17) is 16.3 Å². The minimum Gasteiger partial charge on any atom is -0.485 e. The molecule has 0 aliphatic heterocycles. The number of aliphatic hydroxyl groups excluding tert-OH is 1. The van der Waals surface area contributed by atoms with Gasteiger partial charge in [-0.1, -0.05) is 37.6 Å². The van der Waals surface area contributed by atoms with Gasteiger partial charge in [-0.15, -0.1) is 0 Å². The first-order valence-electron chi connectivity index (χ1n) is 9.68. The molecule has 0 radical (unpaired) electrons. The molecule has 0 aliphatic carbocycles. The van der Waals surface area contributed by atoms with Crippen LogP contribution in [0.2, 0.25) is 5.02 Å². The lowest BCUT2D eigenvalue weighted by molar-refractivity contribution is 0.0695. The van der Waals surface area contributed by atoms with Crippen molar-refractivity contribution in [2.45, 2.75) is 24.8 Å². The first-order chi connectivity index (χ1) is 15.0. The molecule has 2 aromatic carbocycles. The van der Waals surface area contributed by atoms with Gasteiger partial charge in [0.05, 0.1) is 27.9 Å². The summed E-state index contributed by atoms with van der Waals surface area (Å²) in [6, 6.07) is 9.65. The highest BCUT2D eigenvalue weighted by Gasteiger charge is 2.19. The lowest BCUT2D eigenvalue weighted by atomic mass is 10.1. The van der Waals surface area contributed by atoms with Crippen LogP contribution in [0, 0.1) is 11.7 Å². The van der Waals surface area contributed by atoms with Crippen molar-refractivity contribution in [2.75, 3.05) is 12.9 Å². The number of ether oxygens (including phenoxy) is 1. The second-order valence-electron chi connectivity index (χ2n) is 7.62. The Balaban J connectivity index is 2.13. The molecule has 0 unspecified atom stereocenters. The van der Waals surface area contributed by atoms with Crippen LogP contribution in [0.5, 0.6) is 5.75 Å². The third-order valence-corrected chi connectivity index (χ3v) is 6.26. The normalized spacial score (nSPS) is 12.7. The van der Waals surface area contributed by atoms with E-state index < -0.39 is 27.3 Å². The molecule has 0 saturated carbocycles. The molecule has 0 spiro atoms. The highest BCUT2D eigenvalue weighted by molar-refractivity contribution is 7.90. The highest BCUT2D eigenvalue weighted by atomic mass is 35.5. The predicted octanol–water partition coefficient (Wildman–Crippen LogP) is 3.49. The molecule has 1 atom stereocenters. The van der Waals surface area contributed by atoms with Crippen LogP contribution in [0.25, 0.3) is 16.8 Å². The van der Waals surface area contributed by atoms with Gasteiger partial charge >= 0.3 is 5.56 Å². The molecule has 0 amide bonds. The zero-order valence-electron chi connectivity index (χ0n) is 17.6. The number of benzene rings is 2. The fraction of sp³-hybridized carbons (Fsp3) is 0.273. The topological polar surface area (TPSA) is 98.5 Å². The largest absolute Gasteiger partial charge is 0.485 e. The summed E-state index contributed by atoms with van der Waals surface area (Å²) in [4.78, 5) is 13.4. The van der Waals surface area contributed by atoms with Crippen LogP contribution >= 0.6 is 11.6 Å². The quantitative estimate of drug-likeness (QED) is 0.555. The van der Waals surface area contributed by atoms with Crippen LogP contribution in [0.4, 0.5) is 4.39 Å². The van der Waals surface area contributed by atoms with Crippen LogP contribution in [0.3, 0.4) is 0 Å². The smallest absolute Gasteiger partial charge is 0.314 e. The Morgan fingerprint density at radius 2 is 1.84 bits per heavy atom. The Morgan fingerprint density at radius 1 is 1.19 bits per heavy atom. The van der Waals surface area contributed by atoms with Crippen molar-refractivity contribution in [3.63, 3.8) is 0 Å². The van der Waals surface area contributed by atoms with Crippen LogP contribution in [0.1, 0.15) is 13.8 Å². The second-order valence-corrected chi connectivity index (χ2v) is 10.0. The number of halogens is 2. The Labute approximate surface area is 190 Å². The van der Waals surface area contributed by atoms with Crippen LogP contribution in [0.15, 0.2) is 58.4 Å². The minimum atomic E-state index is -3.39. The van der Waals surface area contributed by atoms with Crippen molar-refractivity contribution < 1.29 is 22.7 Å². The van der Waals surface area contributed by atoms with Gasteiger partial charge in [-0.3, -0.25) is 4.79 Å². The lowest BCUT2D eigenvalue weighted by Crippen LogP contribution is -2.28. The summed E-state index contributed by atoms with van der Waals surface area (Å²) in [6.07, 6.45) is 1.66. The molecular formula is C22H22ClFN2O5S. The van der Waals surface area contributed by atoms with E-state index in [9.17, 15) is 22.7 Å². The van der Waals surface area contributed by atoms with Crippen molar-refractivity contribution >= 4 is 21.4 Å². The molecule has 0 saturated heterocycles. The first-order valence-corrected chi connectivity index (χ1v) is 11.9. The molecule has 0 fully saturated rings. The summed E-state index contributed by atoms with van der Waals surface area (Å²) in [5.41, 5.74) is 0.402. The summed E-state index contributed by atoms with van der Waals surface area (Å²) in [5, 5.41) is 14.1. The third kappa shape index (κ3) is 5.17. The van der Waals surface area contributed by atoms with Gasteiger partial charge in [0, 0.05) is 11.8 Å². The van der Waals surface area contributed by atoms with Gasteiger partial charge in [0.1, 0.15) is 12.4 Å². The molecule has 0 bridgehead atoms. The Bertz CT molecular complexity index is 1290. The molecule has 170 valence electrons. The number of aromatic nitrogens is 2. The Hall–Kier alpha value is -2.75. The third-order valence-electron chi connectivity index (χ3n) is 4.84. The summed E-state index contributed by atoms with van der Waals surface area (Å²) in [6.45, 7) is 3.48. The van der Waals surface area contributed by atoms with Crippen molar-refractivity contribution in [2.24, 2.45) is 5.92 Å². The van der Waals surface area contributed by atoms with E-state index >= 15 is 0 Å².